The third kappa shape index (κ3) is 4.45. The van der Waals surface area contributed by atoms with Gasteiger partial charge in [0, 0.05) is 4.75 Å². The van der Waals surface area contributed by atoms with E-state index in [1.807, 2.05) is 0 Å². The largest absolute Gasteiger partial charge is 0.484 e. The second-order valence-corrected chi connectivity index (χ2v) is 11.6. The van der Waals surface area contributed by atoms with E-state index in [1.54, 1.807) is 44.2 Å². The maximum atomic E-state index is 13.0. The quantitative estimate of drug-likeness (QED) is 0.339. The van der Waals surface area contributed by atoms with Crippen LogP contribution in [0.5, 0.6) is 5.75 Å². The molecule has 0 aromatic heterocycles. The minimum absolute atomic E-state index is 0.390. The zero-order chi connectivity index (χ0) is 22.3. The number of carbonyl (C=O) groups excluding carboxylic acids is 2. The Bertz CT molecular complexity index is 850. The Morgan fingerprint density at radius 2 is 1.90 bits per heavy atom. The minimum Gasteiger partial charge on any atom is -0.484 e. The van der Waals surface area contributed by atoms with Crippen molar-refractivity contribution in [1.29, 1.82) is 0 Å². The summed E-state index contributed by atoms with van der Waals surface area (Å²) >= 11 is 18.5. The molecule has 8 nitrogen and oxygen atoms in total. The molecule has 3 atom stereocenters. The van der Waals surface area contributed by atoms with Crippen molar-refractivity contribution < 1.29 is 29.0 Å². The van der Waals surface area contributed by atoms with Crippen LogP contribution in [0.3, 0.4) is 0 Å². The summed E-state index contributed by atoms with van der Waals surface area (Å²) in [5.41, 5.74) is -1.87. The molecule has 12 heteroatoms. The minimum atomic E-state index is -1.87. The van der Waals surface area contributed by atoms with E-state index in [9.17, 15) is 19.5 Å². The van der Waals surface area contributed by atoms with Crippen LogP contribution in [-0.2, 0) is 19.1 Å². The van der Waals surface area contributed by atoms with Crippen LogP contribution in [0, 0.1) is 0 Å². The summed E-state index contributed by atoms with van der Waals surface area (Å²) in [5.74, 6) is -2.06. The van der Waals surface area contributed by atoms with Crippen molar-refractivity contribution in [2.24, 2.45) is 0 Å². The molecule has 0 spiro atoms. The number of carboxylic acid groups (broad SMARTS) is 1. The van der Waals surface area contributed by atoms with E-state index in [-0.39, 0.29) is 6.61 Å². The number of nitrogens with one attached hydrogen (secondary N) is 1. The number of nitrogens with zero attached hydrogens (tertiary/aromatic N) is 1. The lowest BCUT2D eigenvalue weighted by Crippen LogP contribution is -2.81. The molecule has 0 aliphatic carbocycles. The lowest BCUT2D eigenvalue weighted by Gasteiger charge is -2.52. The topological polar surface area (TPSA) is 105 Å². The molecule has 0 saturated carbocycles. The average Bonchev–Trinajstić information content (AvgIpc) is 2.92. The molecule has 0 bridgehead atoms. The second kappa shape index (κ2) is 8.27. The van der Waals surface area contributed by atoms with Gasteiger partial charge in [-0.2, -0.15) is 0 Å². The number of ether oxygens (including phenoxy) is 2. The van der Waals surface area contributed by atoms with Crippen LogP contribution in [0.2, 0.25) is 0 Å². The van der Waals surface area contributed by atoms with Gasteiger partial charge in [0.05, 0.1) is 6.61 Å². The van der Waals surface area contributed by atoms with Crippen molar-refractivity contribution in [3.05, 3.63) is 30.3 Å². The zero-order valence-corrected chi connectivity index (χ0v) is 19.0. The number of para-hydroxylation sites is 1. The zero-order valence-electron chi connectivity index (χ0n) is 15.9. The number of carboxylic acids is 1. The summed E-state index contributed by atoms with van der Waals surface area (Å²) in [7, 11) is 0. The van der Waals surface area contributed by atoms with Crippen LogP contribution in [0.25, 0.3) is 0 Å². The number of aliphatic carboxylic acids is 1. The van der Waals surface area contributed by atoms with E-state index >= 15 is 0 Å². The van der Waals surface area contributed by atoms with Gasteiger partial charge in [-0.05, 0) is 26.0 Å². The van der Waals surface area contributed by atoms with Gasteiger partial charge in [0.2, 0.25) is 3.79 Å². The molecule has 0 radical (unpaired) electrons. The predicted molar refractivity (Wildman–Crippen MR) is 113 cm³/mol. The molecule has 1 unspecified atom stereocenters. The first-order valence-corrected chi connectivity index (χ1v) is 10.8. The van der Waals surface area contributed by atoms with Crippen LogP contribution in [0.4, 0.5) is 0 Å². The first-order chi connectivity index (χ1) is 13.9. The highest BCUT2D eigenvalue weighted by atomic mass is 35.6. The Morgan fingerprint density at radius 1 is 1.27 bits per heavy atom. The fraction of sp³-hybridized carbons (Fsp3) is 0.500. The number of alkyl halides is 3. The normalized spacial score (nSPS) is 27.2. The van der Waals surface area contributed by atoms with E-state index in [0.717, 1.165) is 0 Å². The molecular formula is C18H19Cl3N2O6S. The number of thioether (sulfide) groups is 1. The van der Waals surface area contributed by atoms with Gasteiger partial charge in [0.15, 0.2) is 6.61 Å². The molecule has 2 N–H and O–H groups in total. The maximum Gasteiger partial charge on any atom is 0.327 e. The summed E-state index contributed by atoms with van der Waals surface area (Å²) in [6.45, 7) is 2.51. The van der Waals surface area contributed by atoms with E-state index in [4.69, 9.17) is 44.3 Å². The van der Waals surface area contributed by atoms with Gasteiger partial charge in [-0.1, -0.05) is 53.0 Å². The Morgan fingerprint density at radius 3 is 2.47 bits per heavy atom. The highest BCUT2D eigenvalue weighted by Crippen LogP contribution is 2.55. The number of halogens is 3. The van der Waals surface area contributed by atoms with E-state index in [0.29, 0.717) is 5.75 Å². The smallest absolute Gasteiger partial charge is 0.327 e. The SMILES string of the molecule is CC1(C)S[C@H]2N(C(=O)C2(NC(=O)COc2ccccc2)OCC(Cl)(Cl)Cl)[C@H]1C(=O)O. The number of benzene rings is 1. The van der Waals surface area contributed by atoms with Gasteiger partial charge < -0.3 is 24.8 Å². The molecule has 30 heavy (non-hydrogen) atoms. The van der Waals surface area contributed by atoms with Crippen molar-refractivity contribution in [3.8, 4) is 5.75 Å². The van der Waals surface area contributed by atoms with Gasteiger partial charge in [-0.15, -0.1) is 11.8 Å². The maximum absolute atomic E-state index is 13.0. The Kier molecular flexibility index (Phi) is 6.42. The monoisotopic (exact) mass is 496 g/mol. The van der Waals surface area contributed by atoms with Gasteiger partial charge in [-0.3, -0.25) is 9.59 Å². The number of hydrogen-bond donors (Lipinski definition) is 2. The standard InChI is InChI=1S/C18H19Cl3N2O6S/c1-16(2)12(13(25)26)23-14(27)18(15(23)30-16,29-9-17(19,20)21)22-11(24)8-28-10-6-4-3-5-7-10/h3-7,12,15H,8-9H2,1-2H3,(H,22,24)(H,25,26)/t12-,15+,18?/m0/s1. The van der Waals surface area contributed by atoms with Crippen molar-refractivity contribution >= 4 is 64.3 Å². The lowest BCUT2D eigenvalue weighted by atomic mass is 9.93. The molecule has 2 saturated heterocycles. The van der Waals surface area contributed by atoms with Crippen LogP contribution >= 0.6 is 46.6 Å². The lowest BCUT2D eigenvalue weighted by molar-refractivity contribution is -0.206. The van der Waals surface area contributed by atoms with Crippen LogP contribution in [-0.4, -0.2) is 66.7 Å². The number of carbonyl (C=O) groups is 3. The van der Waals surface area contributed by atoms with E-state index in [2.05, 4.69) is 5.32 Å². The molecule has 2 amide bonds. The molecule has 2 aliphatic heterocycles. The Labute approximate surface area is 192 Å². The molecule has 2 heterocycles. The number of amides is 2. The molecule has 2 fully saturated rings. The summed E-state index contributed by atoms with van der Waals surface area (Å²) in [6, 6.07) is 7.54. The Hall–Kier alpha value is -1.39. The van der Waals surface area contributed by atoms with Gasteiger partial charge >= 0.3 is 5.97 Å². The highest BCUT2D eigenvalue weighted by molar-refractivity contribution is 8.01. The average molecular weight is 498 g/mol. The molecular weight excluding hydrogens is 479 g/mol. The van der Waals surface area contributed by atoms with Crippen molar-refractivity contribution in [2.45, 2.75) is 39.5 Å². The first kappa shape index (κ1) is 23.3. The van der Waals surface area contributed by atoms with Crippen molar-refractivity contribution in [2.75, 3.05) is 13.2 Å². The summed E-state index contributed by atoms with van der Waals surface area (Å²) < 4.78 is 8.34. The van der Waals surface area contributed by atoms with Crippen molar-refractivity contribution in [3.63, 3.8) is 0 Å². The third-order valence-corrected chi connectivity index (χ3v) is 6.58. The number of rotatable bonds is 7. The van der Waals surface area contributed by atoms with Crippen LogP contribution < -0.4 is 10.1 Å². The van der Waals surface area contributed by atoms with Crippen LogP contribution in [0.1, 0.15) is 13.8 Å². The van der Waals surface area contributed by atoms with Crippen molar-refractivity contribution in [1.82, 2.24) is 10.2 Å². The van der Waals surface area contributed by atoms with Gasteiger partial charge in [0.1, 0.15) is 17.2 Å². The van der Waals surface area contributed by atoms with Gasteiger partial charge in [-0.25, -0.2) is 4.79 Å². The first-order valence-electron chi connectivity index (χ1n) is 8.80. The fourth-order valence-corrected chi connectivity index (χ4v) is 5.23. The molecule has 1 aromatic rings. The van der Waals surface area contributed by atoms with Crippen LogP contribution in [0.15, 0.2) is 30.3 Å². The van der Waals surface area contributed by atoms with Gasteiger partial charge in [0.25, 0.3) is 17.5 Å². The molecule has 3 rings (SSSR count). The number of β-lactam (4-membered cyclic amide) rings is 1. The third-order valence-electron chi connectivity index (χ3n) is 4.64. The summed E-state index contributed by atoms with van der Waals surface area (Å²) in [6.07, 6.45) is 0. The summed E-state index contributed by atoms with van der Waals surface area (Å²) in [5, 5.41) is 11.3. The second-order valence-electron chi connectivity index (χ2n) is 7.32. The highest BCUT2D eigenvalue weighted by Gasteiger charge is 2.73. The number of hydrogen-bond acceptors (Lipinski definition) is 6. The molecule has 2 aliphatic rings. The predicted octanol–water partition coefficient (Wildman–Crippen LogP) is 2.41. The molecule has 1 aromatic carbocycles. The fourth-order valence-electron chi connectivity index (χ4n) is 3.42. The van der Waals surface area contributed by atoms with E-state index < -0.39 is 50.1 Å². The summed E-state index contributed by atoms with van der Waals surface area (Å²) in [4.78, 5) is 38.5. The Balaban J connectivity index is 1.80. The number of fused-ring (bicyclic) bond motifs is 1. The van der Waals surface area contributed by atoms with E-state index in [1.165, 1.54) is 16.7 Å². The molecule has 164 valence electrons.